The van der Waals surface area contributed by atoms with E-state index in [1.165, 1.54) is 18.2 Å². The van der Waals surface area contributed by atoms with Gasteiger partial charge in [0.25, 0.3) is 0 Å². The minimum absolute atomic E-state index is 0.127. The van der Waals surface area contributed by atoms with Crippen LogP contribution in [0.2, 0.25) is 0 Å². The van der Waals surface area contributed by atoms with Crippen molar-refractivity contribution in [3.63, 3.8) is 0 Å². The van der Waals surface area contributed by atoms with E-state index in [-0.39, 0.29) is 11.5 Å². The highest BCUT2D eigenvalue weighted by Gasteiger charge is 2.28. The summed E-state index contributed by atoms with van der Waals surface area (Å²) < 4.78 is 41.4. The third-order valence-corrected chi connectivity index (χ3v) is 2.25. The van der Waals surface area contributed by atoms with E-state index in [4.69, 9.17) is 10.00 Å². The molecule has 1 aromatic carbocycles. The van der Waals surface area contributed by atoms with Gasteiger partial charge in [-0.05, 0) is 24.6 Å². The van der Waals surface area contributed by atoms with Crippen LogP contribution in [0.25, 0.3) is 0 Å². The zero-order valence-electron chi connectivity index (χ0n) is 10.2. The van der Waals surface area contributed by atoms with Gasteiger partial charge in [0.05, 0.1) is 19.2 Å². The first-order valence-corrected chi connectivity index (χ1v) is 5.53. The van der Waals surface area contributed by atoms with Crippen molar-refractivity contribution in [2.75, 3.05) is 13.2 Å². The van der Waals surface area contributed by atoms with E-state index in [9.17, 15) is 18.3 Å². The molecule has 1 rings (SSSR count). The van der Waals surface area contributed by atoms with Crippen molar-refractivity contribution in [3.05, 3.63) is 23.8 Å². The Labute approximate surface area is 108 Å². The lowest BCUT2D eigenvalue weighted by Crippen LogP contribution is -2.31. The molecule has 7 heteroatoms. The van der Waals surface area contributed by atoms with Crippen molar-refractivity contribution < 1.29 is 23.0 Å². The number of aromatic hydroxyl groups is 1. The molecule has 0 amide bonds. The number of alkyl halides is 3. The molecule has 0 heterocycles. The minimum atomic E-state index is -4.39. The van der Waals surface area contributed by atoms with Crippen LogP contribution < -0.4 is 10.1 Å². The van der Waals surface area contributed by atoms with Crippen LogP contribution in [-0.2, 0) is 0 Å². The number of phenolic OH excluding ortho intramolecular Hbond substituents is 1. The molecule has 1 aromatic rings. The van der Waals surface area contributed by atoms with Gasteiger partial charge in [-0.2, -0.15) is 18.4 Å². The van der Waals surface area contributed by atoms with Gasteiger partial charge in [0.15, 0.2) is 11.5 Å². The number of halogens is 3. The monoisotopic (exact) mass is 274 g/mol. The Morgan fingerprint density at radius 2 is 2.16 bits per heavy atom. The second-order valence-electron chi connectivity index (χ2n) is 3.72. The first-order chi connectivity index (χ1) is 8.87. The Balaban J connectivity index is 2.87. The molecule has 1 unspecified atom stereocenters. The Morgan fingerprint density at radius 3 is 2.68 bits per heavy atom. The zero-order chi connectivity index (χ0) is 14.5. The van der Waals surface area contributed by atoms with Crippen LogP contribution in [0, 0.1) is 11.3 Å². The molecule has 0 bridgehead atoms. The van der Waals surface area contributed by atoms with E-state index in [0.29, 0.717) is 12.2 Å². The van der Waals surface area contributed by atoms with Crippen LogP contribution >= 0.6 is 0 Å². The van der Waals surface area contributed by atoms with Crippen LogP contribution in [-0.4, -0.2) is 24.4 Å². The van der Waals surface area contributed by atoms with Crippen molar-refractivity contribution in [2.45, 2.75) is 19.1 Å². The summed E-state index contributed by atoms with van der Waals surface area (Å²) in [7, 11) is 0. The van der Waals surface area contributed by atoms with E-state index in [0.717, 1.165) is 0 Å². The number of nitrogens with one attached hydrogen (secondary N) is 1. The SMILES string of the molecule is CCOc1cc(C(C#N)NCC(F)(F)F)ccc1O. The van der Waals surface area contributed by atoms with Gasteiger partial charge in [-0.15, -0.1) is 0 Å². The van der Waals surface area contributed by atoms with Crippen molar-refractivity contribution >= 4 is 0 Å². The largest absolute Gasteiger partial charge is 0.504 e. The fourth-order valence-corrected chi connectivity index (χ4v) is 1.44. The van der Waals surface area contributed by atoms with E-state index in [2.05, 4.69) is 5.32 Å². The zero-order valence-corrected chi connectivity index (χ0v) is 10.2. The van der Waals surface area contributed by atoms with Gasteiger partial charge in [0.2, 0.25) is 0 Å². The van der Waals surface area contributed by atoms with E-state index < -0.39 is 18.8 Å². The average molecular weight is 274 g/mol. The summed E-state index contributed by atoms with van der Waals surface area (Å²) in [6.45, 7) is 0.732. The highest BCUT2D eigenvalue weighted by Crippen LogP contribution is 2.29. The molecule has 19 heavy (non-hydrogen) atoms. The summed E-state index contributed by atoms with van der Waals surface area (Å²) >= 11 is 0. The topological polar surface area (TPSA) is 65.3 Å². The standard InChI is InChI=1S/C12H13F3N2O2/c1-2-19-11-5-8(3-4-10(11)18)9(6-16)17-7-12(13,14)15/h3-5,9,17-18H,2,7H2,1H3. The second kappa shape index (κ2) is 6.29. The van der Waals surface area contributed by atoms with Crippen LogP contribution in [0.1, 0.15) is 18.5 Å². The van der Waals surface area contributed by atoms with Crippen molar-refractivity contribution in [1.82, 2.24) is 5.32 Å². The Bertz CT molecular complexity index is 469. The van der Waals surface area contributed by atoms with Gasteiger partial charge < -0.3 is 9.84 Å². The normalized spacial score (nSPS) is 12.8. The molecule has 2 N–H and O–H groups in total. The van der Waals surface area contributed by atoms with Crippen LogP contribution in [0.3, 0.4) is 0 Å². The number of hydrogen-bond donors (Lipinski definition) is 2. The first kappa shape index (κ1) is 15.1. The van der Waals surface area contributed by atoms with Crippen molar-refractivity contribution in [2.24, 2.45) is 0 Å². The molecule has 104 valence electrons. The quantitative estimate of drug-likeness (QED) is 0.865. The van der Waals surface area contributed by atoms with E-state index in [1.54, 1.807) is 13.0 Å². The maximum atomic E-state index is 12.1. The minimum Gasteiger partial charge on any atom is -0.504 e. The molecule has 0 spiro atoms. The number of benzene rings is 1. The van der Waals surface area contributed by atoms with Crippen LogP contribution in [0.15, 0.2) is 18.2 Å². The smallest absolute Gasteiger partial charge is 0.401 e. The van der Waals surface area contributed by atoms with Gasteiger partial charge >= 0.3 is 6.18 Å². The second-order valence-corrected chi connectivity index (χ2v) is 3.72. The van der Waals surface area contributed by atoms with Gasteiger partial charge in [-0.25, -0.2) is 0 Å². The molecular formula is C12H13F3N2O2. The molecule has 0 fully saturated rings. The molecule has 0 saturated heterocycles. The number of hydrogen-bond acceptors (Lipinski definition) is 4. The van der Waals surface area contributed by atoms with Crippen molar-refractivity contribution in [3.8, 4) is 17.6 Å². The molecule has 0 aliphatic rings. The summed E-state index contributed by atoms with van der Waals surface area (Å²) in [4.78, 5) is 0. The highest BCUT2D eigenvalue weighted by molar-refractivity contribution is 5.43. The lowest BCUT2D eigenvalue weighted by Gasteiger charge is -2.15. The summed E-state index contributed by atoms with van der Waals surface area (Å²) in [5, 5.41) is 20.4. The van der Waals surface area contributed by atoms with Gasteiger partial charge in [0.1, 0.15) is 6.04 Å². The molecule has 4 nitrogen and oxygen atoms in total. The molecule has 0 aromatic heterocycles. The number of nitriles is 1. The summed E-state index contributed by atoms with van der Waals surface area (Å²) in [6.07, 6.45) is -4.39. The lowest BCUT2D eigenvalue weighted by molar-refractivity contribution is -0.125. The van der Waals surface area contributed by atoms with Gasteiger partial charge in [-0.3, -0.25) is 5.32 Å². The summed E-state index contributed by atoms with van der Waals surface area (Å²) in [5.41, 5.74) is 0.299. The van der Waals surface area contributed by atoms with Crippen molar-refractivity contribution in [1.29, 1.82) is 5.26 Å². The van der Waals surface area contributed by atoms with Gasteiger partial charge in [-0.1, -0.05) is 6.07 Å². The average Bonchev–Trinajstić information content (AvgIpc) is 2.32. The van der Waals surface area contributed by atoms with Crippen LogP contribution in [0.5, 0.6) is 11.5 Å². The van der Waals surface area contributed by atoms with E-state index >= 15 is 0 Å². The number of rotatable bonds is 5. The third kappa shape index (κ3) is 4.67. The molecule has 0 saturated carbocycles. The third-order valence-electron chi connectivity index (χ3n) is 2.25. The van der Waals surface area contributed by atoms with Gasteiger partial charge in [0, 0.05) is 0 Å². The Kier molecular flexibility index (Phi) is 5.01. The molecule has 0 radical (unpaired) electrons. The number of ether oxygens (including phenoxy) is 1. The molecule has 1 atom stereocenters. The molecular weight excluding hydrogens is 261 g/mol. The number of phenols is 1. The maximum absolute atomic E-state index is 12.1. The first-order valence-electron chi connectivity index (χ1n) is 5.53. The lowest BCUT2D eigenvalue weighted by atomic mass is 10.1. The molecule has 0 aliphatic heterocycles. The Hall–Kier alpha value is -1.94. The fourth-order valence-electron chi connectivity index (χ4n) is 1.44. The van der Waals surface area contributed by atoms with Crippen LogP contribution in [0.4, 0.5) is 13.2 Å². The highest BCUT2D eigenvalue weighted by atomic mass is 19.4. The summed E-state index contributed by atoms with van der Waals surface area (Å²) in [5.74, 6) is 0.00664. The Morgan fingerprint density at radius 1 is 1.47 bits per heavy atom. The maximum Gasteiger partial charge on any atom is 0.401 e. The predicted molar refractivity (Wildman–Crippen MR) is 61.7 cm³/mol. The molecule has 0 aliphatic carbocycles. The number of nitrogens with zero attached hydrogens (tertiary/aromatic N) is 1. The van der Waals surface area contributed by atoms with E-state index in [1.807, 2.05) is 0 Å². The predicted octanol–water partition coefficient (Wildman–Crippen LogP) is 2.51. The fraction of sp³-hybridized carbons (Fsp3) is 0.417. The summed E-state index contributed by atoms with van der Waals surface area (Å²) in [6, 6.07) is 4.60.